The van der Waals surface area contributed by atoms with Crippen LogP contribution in [0, 0.1) is 0 Å². The third-order valence-electron chi connectivity index (χ3n) is 2.75. The van der Waals surface area contributed by atoms with Gasteiger partial charge < -0.3 is 10.1 Å². The monoisotopic (exact) mass is 191 g/mol. The van der Waals surface area contributed by atoms with Crippen LogP contribution < -0.4 is 10.1 Å². The molecule has 1 aromatic rings. The van der Waals surface area contributed by atoms with E-state index >= 15 is 0 Å². The molecule has 0 radical (unpaired) electrons. The first kappa shape index (κ1) is 9.38. The Morgan fingerprint density at radius 1 is 1.21 bits per heavy atom. The van der Waals surface area contributed by atoms with Crippen LogP contribution in [0.15, 0.2) is 24.3 Å². The van der Waals surface area contributed by atoms with Crippen LogP contribution in [0.1, 0.15) is 25.7 Å². The van der Waals surface area contributed by atoms with Gasteiger partial charge in [-0.3, -0.25) is 0 Å². The van der Waals surface area contributed by atoms with E-state index in [1.165, 1.54) is 25.7 Å². The van der Waals surface area contributed by atoms with Crippen LogP contribution in [0.2, 0.25) is 0 Å². The number of anilines is 1. The summed E-state index contributed by atoms with van der Waals surface area (Å²) in [7, 11) is 1.93. The largest absolute Gasteiger partial charge is 0.488 e. The Labute approximate surface area is 85.3 Å². The lowest BCUT2D eigenvalue weighted by Gasteiger charge is -2.15. The first-order valence-electron chi connectivity index (χ1n) is 5.33. The van der Waals surface area contributed by atoms with Crippen molar-refractivity contribution in [1.82, 2.24) is 0 Å². The van der Waals surface area contributed by atoms with Gasteiger partial charge in [0.1, 0.15) is 5.75 Å². The fourth-order valence-corrected chi connectivity index (χ4v) is 1.96. The molecule has 0 aliphatic heterocycles. The third-order valence-corrected chi connectivity index (χ3v) is 2.75. The van der Waals surface area contributed by atoms with E-state index in [4.69, 9.17) is 4.74 Å². The SMILES string of the molecule is CNc1ccccc1OC1CCCC1. The first-order chi connectivity index (χ1) is 6.90. The summed E-state index contributed by atoms with van der Waals surface area (Å²) >= 11 is 0. The molecule has 14 heavy (non-hydrogen) atoms. The summed E-state index contributed by atoms with van der Waals surface area (Å²) in [4.78, 5) is 0. The van der Waals surface area contributed by atoms with E-state index in [2.05, 4.69) is 5.32 Å². The standard InChI is InChI=1S/C12H17NO/c1-13-11-8-4-5-9-12(11)14-10-6-2-3-7-10/h4-5,8-10,13H,2-3,6-7H2,1H3. The van der Waals surface area contributed by atoms with Crippen molar-refractivity contribution in [3.05, 3.63) is 24.3 Å². The van der Waals surface area contributed by atoms with Gasteiger partial charge in [0.15, 0.2) is 0 Å². The van der Waals surface area contributed by atoms with E-state index in [1.807, 2.05) is 31.3 Å². The summed E-state index contributed by atoms with van der Waals surface area (Å²) in [5.41, 5.74) is 1.08. The Morgan fingerprint density at radius 3 is 2.64 bits per heavy atom. The normalized spacial score (nSPS) is 16.9. The molecule has 0 aromatic heterocycles. The topological polar surface area (TPSA) is 21.3 Å². The van der Waals surface area contributed by atoms with Crippen molar-refractivity contribution < 1.29 is 4.74 Å². The molecule has 76 valence electrons. The fraction of sp³-hybridized carbons (Fsp3) is 0.500. The highest BCUT2D eigenvalue weighted by atomic mass is 16.5. The van der Waals surface area contributed by atoms with Crippen molar-refractivity contribution >= 4 is 5.69 Å². The molecule has 0 unspecified atom stereocenters. The Kier molecular flexibility index (Phi) is 2.92. The van der Waals surface area contributed by atoms with Crippen LogP contribution >= 0.6 is 0 Å². The average molecular weight is 191 g/mol. The van der Waals surface area contributed by atoms with Gasteiger partial charge in [-0.05, 0) is 37.8 Å². The number of rotatable bonds is 3. The molecular weight excluding hydrogens is 174 g/mol. The highest BCUT2D eigenvalue weighted by Gasteiger charge is 2.17. The summed E-state index contributed by atoms with van der Waals surface area (Å²) < 4.78 is 5.93. The number of ether oxygens (including phenoxy) is 1. The summed E-state index contributed by atoms with van der Waals surface area (Å²) in [5.74, 6) is 0.988. The number of para-hydroxylation sites is 2. The highest BCUT2D eigenvalue weighted by Crippen LogP contribution is 2.29. The van der Waals surface area contributed by atoms with Gasteiger partial charge in [0.05, 0.1) is 11.8 Å². The molecule has 0 amide bonds. The minimum Gasteiger partial charge on any atom is -0.488 e. The van der Waals surface area contributed by atoms with Crippen LogP contribution in [-0.4, -0.2) is 13.2 Å². The molecule has 2 rings (SSSR count). The van der Waals surface area contributed by atoms with Crippen LogP contribution in [0.5, 0.6) is 5.75 Å². The van der Waals surface area contributed by atoms with Crippen molar-refractivity contribution in [2.45, 2.75) is 31.8 Å². The molecule has 0 atom stereocenters. The molecule has 2 heteroatoms. The summed E-state index contributed by atoms with van der Waals surface area (Å²) in [6.07, 6.45) is 5.47. The Morgan fingerprint density at radius 2 is 1.93 bits per heavy atom. The lowest BCUT2D eigenvalue weighted by molar-refractivity contribution is 0.211. The van der Waals surface area contributed by atoms with E-state index in [9.17, 15) is 0 Å². The highest BCUT2D eigenvalue weighted by molar-refractivity contribution is 5.55. The molecule has 1 N–H and O–H groups in total. The van der Waals surface area contributed by atoms with E-state index in [-0.39, 0.29) is 0 Å². The molecule has 0 heterocycles. The molecule has 1 saturated carbocycles. The Balaban J connectivity index is 2.07. The fourth-order valence-electron chi connectivity index (χ4n) is 1.96. The predicted octanol–water partition coefficient (Wildman–Crippen LogP) is 3.05. The zero-order valence-corrected chi connectivity index (χ0v) is 8.62. The van der Waals surface area contributed by atoms with Gasteiger partial charge in [-0.15, -0.1) is 0 Å². The van der Waals surface area contributed by atoms with Crippen LogP contribution in [-0.2, 0) is 0 Å². The zero-order valence-electron chi connectivity index (χ0n) is 8.62. The van der Waals surface area contributed by atoms with E-state index in [1.54, 1.807) is 0 Å². The van der Waals surface area contributed by atoms with E-state index in [0.717, 1.165) is 11.4 Å². The van der Waals surface area contributed by atoms with Crippen LogP contribution in [0.4, 0.5) is 5.69 Å². The number of nitrogens with one attached hydrogen (secondary N) is 1. The van der Waals surface area contributed by atoms with Crippen LogP contribution in [0.3, 0.4) is 0 Å². The second-order valence-electron chi connectivity index (χ2n) is 3.77. The average Bonchev–Trinajstić information content (AvgIpc) is 2.71. The maximum absolute atomic E-state index is 5.93. The smallest absolute Gasteiger partial charge is 0.142 e. The Hall–Kier alpha value is -1.18. The predicted molar refractivity (Wildman–Crippen MR) is 58.9 cm³/mol. The molecule has 0 saturated heterocycles. The lowest BCUT2D eigenvalue weighted by atomic mass is 10.2. The molecule has 1 aliphatic carbocycles. The van der Waals surface area contributed by atoms with Gasteiger partial charge in [-0.25, -0.2) is 0 Å². The zero-order chi connectivity index (χ0) is 9.80. The van der Waals surface area contributed by atoms with Crippen molar-refractivity contribution in [3.8, 4) is 5.75 Å². The van der Waals surface area contributed by atoms with E-state index in [0.29, 0.717) is 6.10 Å². The van der Waals surface area contributed by atoms with Gasteiger partial charge in [0, 0.05) is 7.05 Å². The number of hydrogen-bond acceptors (Lipinski definition) is 2. The second kappa shape index (κ2) is 4.36. The van der Waals surface area contributed by atoms with Gasteiger partial charge in [-0.2, -0.15) is 0 Å². The van der Waals surface area contributed by atoms with Crippen molar-refractivity contribution in [3.63, 3.8) is 0 Å². The third kappa shape index (κ3) is 2.00. The van der Waals surface area contributed by atoms with Gasteiger partial charge in [0.2, 0.25) is 0 Å². The maximum Gasteiger partial charge on any atom is 0.142 e. The summed E-state index contributed by atoms with van der Waals surface area (Å²) in [6.45, 7) is 0. The number of hydrogen-bond donors (Lipinski definition) is 1. The molecule has 2 nitrogen and oxygen atoms in total. The Bertz CT molecular complexity index is 292. The van der Waals surface area contributed by atoms with Gasteiger partial charge in [0.25, 0.3) is 0 Å². The minimum absolute atomic E-state index is 0.435. The van der Waals surface area contributed by atoms with E-state index < -0.39 is 0 Å². The minimum atomic E-state index is 0.435. The van der Waals surface area contributed by atoms with Gasteiger partial charge >= 0.3 is 0 Å². The summed E-state index contributed by atoms with van der Waals surface area (Å²) in [5, 5.41) is 3.14. The lowest BCUT2D eigenvalue weighted by Crippen LogP contribution is -2.11. The summed E-state index contributed by atoms with van der Waals surface area (Å²) in [6, 6.07) is 8.12. The quantitative estimate of drug-likeness (QED) is 0.792. The molecule has 1 aliphatic rings. The maximum atomic E-state index is 5.93. The molecular formula is C12H17NO. The van der Waals surface area contributed by atoms with Gasteiger partial charge in [-0.1, -0.05) is 12.1 Å². The van der Waals surface area contributed by atoms with Crippen molar-refractivity contribution in [1.29, 1.82) is 0 Å². The number of benzene rings is 1. The van der Waals surface area contributed by atoms with Crippen molar-refractivity contribution in [2.75, 3.05) is 12.4 Å². The molecule has 1 aromatic carbocycles. The first-order valence-corrected chi connectivity index (χ1v) is 5.33. The molecule has 0 bridgehead atoms. The second-order valence-corrected chi connectivity index (χ2v) is 3.77. The van der Waals surface area contributed by atoms with Crippen molar-refractivity contribution in [2.24, 2.45) is 0 Å². The van der Waals surface area contributed by atoms with Crippen LogP contribution in [0.25, 0.3) is 0 Å². The molecule has 1 fully saturated rings. The molecule has 0 spiro atoms.